The van der Waals surface area contributed by atoms with Gasteiger partial charge in [0.1, 0.15) is 11.4 Å². The fourth-order valence-corrected chi connectivity index (χ4v) is 2.14. The van der Waals surface area contributed by atoms with Gasteiger partial charge in [-0.3, -0.25) is 10.1 Å². The highest BCUT2D eigenvalue weighted by molar-refractivity contribution is 5.78. The molecule has 0 heterocycles. The van der Waals surface area contributed by atoms with Crippen LogP contribution >= 0.6 is 0 Å². The van der Waals surface area contributed by atoms with Crippen LogP contribution in [0.5, 0.6) is 0 Å². The predicted molar refractivity (Wildman–Crippen MR) is 110 cm³/mol. The Morgan fingerprint density at radius 1 is 1.17 bits per heavy atom. The van der Waals surface area contributed by atoms with Gasteiger partial charge in [0.15, 0.2) is 0 Å². The Hall–Kier alpha value is -2.49. The zero-order valence-electron chi connectivity index (χ0n) is 18.0. The highest BCUT2D eigenvalue weighted by Gasteiger charge is 2.35. The molecule has 29 heavy (non-hydrogen) atoms. The zero-order valence-corrected chi connectivity index (χ0v) is 18.0. The lowest BCUT2D eigenvalue weighted by molar-refractivity contribution is -0.116. The Kier molecular flexibility index (Phi) is 9.96. The van der Waals surface area contributed by atoms with Crippen molar-refractivity contribution in [1.82, 2.24) is 16.1 Å². The number of carbonyl (C=O) groups is 2. The molecule has 0 aromatic carbocycles. The molecular formula is C19H33F2N5O3. The molecule has 1 amide bonds. The van der Waals surface area contributed by atoms with Crippen molar-refractivity contribution in [2.24, 2.45) is 10.8 Å². The third-order valence-corrected chi connectivity index (χ3v) is 3.64. The fourth-order valence-electron chi connectivity index (χ4n) is 2.14. The number of amides is 1. The topological polar surface area (TPSA) is 118 Å². The van der Waals surface area contributed by atoms with Crippen LogP contribution < -0.4 is 21.8 Å². The number of carbonyl (C=O) groups excluding carboxylic acids is 2. The SMILES string of the molecule is C=C(N)C(CNC(=O)OC(C)(C)C)(NCC(C)=O)/C(C)=C/C=N\NCC(C)(F)F. The summed E-state index contributed by atoms with van der Waals surface area (Å²) in [4.78, 5) is 23.5. The van der Waals surface area contributed by atoms with Crippen LogP contribution in [0.15, 0.2) is 29.0 Å². The summed E-state index contributed by atoms with van der Waals surface area (Å²) in [6.07, 6.45) is 2.13. The molecule has 0 aliphatic rings. The second-order valence-electron chi connectivity index (χ2n) is 7.87. The van der Waals surface area contributed by atoms with Crippen LogP contribution in [0.2, 0.25) is 0 Å². The zero-order chi connectivity index (χ0) is 22.9. The van der Waals surface area contributed by atoms with Crippen LogP contribution in [0.3, 0.4) is 0 Å². The molecule has 5 N–H and O–H groups in total. The first-order valence-electron chi connectivity index (χ1n) is 9.06. The van der Waals surface area contributed by atoms with Crippen LogP contribution in [0.25, 0.3) is 0 Å². The number of alkyl carbamates (subject to hydrolysis) is 1. The van der Waals surface area contributed by atoms with Crippen molar-refractivity contribution in [2.45, 2.75) is 58.6 Å². The summed E-state index contributed by atoms with van der Waals surface area (Å²) in [5.41, 5.74) is 7.07. The van der Waals surface area contributed by atoms with E-state index in [1.54, 1.807) is 27.7 Å². The molecule has 0 saturated carbocycles. The van der Waals surface area contributed by atoms with Crippen LogP contribution in [0, 0.1) is 0 Å². The van der Waals surface area contributed by atoms with Crippen molar-refractivity contribution in [3.05, 3.63) is 23.9 Å². The van der Waals surface area contributed by atoms with Gasteiger partial charge in [-0.1, -0.05) is 6.58 Å². The molecule has 8 nitrogen and oxygen atoms in total. The quantitative estimate of drug-likeness (QED) is 0.302. The van der Waals surface area contributed by atoms with Crippen molar-refractivity contribution in [1.29, 1.82) is 0 Å². The number of alkyl halides is 2. The molecule has 0 aromatic rings. The Labute approximate surface area is 171 Å². The summed E-state index contributed by atoms with van der Waals surface area (Å²) in [7, 11) is 0. The van der Waals surface area contributed by atoms with Gasteiger partial charge in [-0.05, 0) is 46.3 Å². The number of halogens is 2. The monoisotopic (exact) mass is 417 g/mol. The first-order chi connectivity index (χ1) is 13.1. The van der Waals surface area contributed by atoms with Gasteiger partial charge in [0.05, 0.1) is 18.6 Å². The maximum absolute atomic E-state index is 12.8. The Morgan fingerprint density at radius 3 is 2.21 bits per heavy atom. The van der Waals surface area contributed by atoms with E-state index < -0.39 is 29.7 Å². The number of nitrogens with zero attached hydrogens (tertiary/aromatic N) is 1. The number of rotatable bonds is 11. The predicted octanol–water partition coefficient (Wildman–Crippen LogP) is 2.08. The van der Waals surface area contributed by atoms with Crippen molar-refractivity contribution >= 4 is 18.1 Å². The number of allylic oxidation sites excluding steroid dienone is 1. The third-order valence-electron chi connectivity index (χ3n) is 3.64. The van der Waals surface area contributed by atoms with Crippen molar-refractivity contribution in [3.8, 4) is 0 Å². The van der Waals surface area contributed by atoms with Crippen LogP contribution in [-0.2, 0) is 9.53 Å². The number of nitrogens with two attached hydrogens (primary N) is 1. The van der Waals surface area contributed by atoms with E-state index in [2.05, 4.69) is 27.7 Å². The molecule has 0 aliphatic heterocycles. The molecule has 1 unspecified atom stereocenters. The summed E-state index contributed by atoms with van der Waals surface area (Å²) >= 11 is 0. The van der Waals surface area contributed by atoms with E-state index in [1.165, 1.54) is 19.2 Å². The Bertz CT molecular complexity index is 651. The number of ketones is 1. The summed E-state index contributed by atoms with van der Waals surface area (Å²) in [6.45, 7) is 12.1. The molecule has 0 aliphatic carbocycles. The summed E-state index contributed by atoms with van der Waals surface area (Å²) in [6, 6.07) is 0. The molecule has 0 radical (unpaired) electrons. The number of hydrazone groups is 1. The molecule has 1 atom stereocenters. The molecule has 166 valence electrons. The van der Waals surface area contributed by atoms with E-state index in [9.17, 15) is 18.4 Å². The number of hydrogen-bond acceptors (Lipinski definition) is 7. The van der Waals surface area contributed by atoms with Crippen LogP contribution in [0.4, 0.5) is 13.6 Å². The minimum atomic E-state index is -2.90. The normalized spacial score (nSPS) is 15.0. The van der Waals surface area contributed by atoms with E-state index >= 15 is 0 Å². The number of ether oxygens (including phenoxy) is 1. The van der Waals surface area contributed by atoms with E-state index in [4.69, 9.17) is 10.5 Å². The smallest absolute Gasteiger partial charge is 0.407 e. The average molecular weight is 418 g/mol. The van der Waals surface area contributed by atoms with E-state index in [0.717, 1.165) is 6.92 Å². The van der Waals surface area contributed by atoms with Crippen LogP contribution in [-0.4, -0.2) is 54.8 Å². The molecule has 0 fully saturated rings. The van der Waals surface area contributed by atoms with Crippen LogP contribution in [0.1, 0.15) is 41.5 Å². The third kappa shape index (κ3) is 11.2. The van der Waals surface area contributed by atoms with Gasteiger partial charge in [0.25, 0.3) is 5.92 Å². The number of Topliss-reactive ketones (excluding diaryl/α,β-unsaturated/α-hetero) is 1. The molecule has 0 aromatic heterocycles. The van der Waals surface area contributed by atoms with Gasteiger partial charge < -0.3 is 21.2 Å². The van der Waals surface area contributed by atoms with Gasteiger partial charge in [0, 0.05) is 25.4 Å². The second-order valence-corrected chi connectivity index (χ2v) is 7.87. The van der Waals surface area contributed by atoms with E-state index in [1.807, 2.05) is 0 Å². The molecule has 10 heteroatoms. The van der Waals surface area contributed by atoms with Crippen molar-refractivity contribution < 1.29 is 23.1 Å². The van der Waals surface area contributed by atoms with E-state index in [0.29, 0.717) is 5.57 Å². The highest BCUT2D eigenvalue weighted by Crippen LogP contribution is 2.21. The number of hydrogen-bond donors (Lipinski definition) is 4. The number of nitrogens with one attached hydrogen (secondary N) is 3. The standard InChI is InChI=1S/C19H33F2N5O3/c1-13(8-9-25-26-11-18(7,20)21)19(15(3)22,24-10-14(2)27)12-23-16(28)29-17(4,5)6/h8-9,24,26H,3,10-12,22H2,1-2,4-7H3,(H,23,28)/b13-8+,25-9-. The average Bonchev–Trinajstić information content (AvgIpc) is 2.51. The maximum atomic E-state index is 12.8. The molecule has 0 rings (SSSR count). The maximum Gasteiger partial charge on any atom is 0.407 e. The van der Waals surface area contributed by atoms with Gasteiger partial charge in [-0.15, -0.1) is 0 Å². The minimum Gasteiger partial charge on any atom is -0.444 e. The molecular weight excluding hydrogens is 384 g/mol. The minimum absolute atomic E-state index is 0.0329. The lowest BCUT2D eigenvalue weighted by Gasteiger charge is -2.36. The van der Waals surface area contributed by atoms with Crippen molar-refractivity contribution in [2.75, 3.05) is 19.6 Å². The van der Waals surface area contributed by atoms with Gasteiger partial charge >= 0.3 is 6.09 Å². The van der Waals surface area contributed by atoms with E-state index in [-0.39, 0.29) is 24.6 Å². The molecule has 0 spiro atoms. The second kappa shape index (κ2) is 10.9. The lowest BCUT2D eigenvalue weighted by Crippen LogP contribution is -2.58. The summed E-state index contributed by atoms with van der Waals surface area (Å²) in [5, 5.41) is 9.31. The summed E-state index contributed by atoms with van der Waals surface area (Å²) < 4.78 is 30.8. The Balaban J connectivity index is 5.50. The van der Waals surface area contributed by atoms with Gasteiger partial charge in [0.2, 0.25) is 0 Å². The molecule has 0 bridgehead atoms. The first-order valence-corrected chi connectivity index (χ1v) is 9.06. The fraction of sp³-hybridized carbons (Fsp3) is 0.632. The largest absolute Gasteiger partial charge is 0.444 e. The molecule has 0 saturated heterocycles. The lowest BCUT2D eigenvalue weighted by atomic mass is 9.87. The van der Waals surface area contributed by atoms with Gasteiger partial charge in [-0.25, -0.2) is 13.6 Å². The Morgan fingerprint density at radius 2 is 1.76 bits per heavy atom. The summed E-state index contributed by atoms with van der Waals surface area (Å²) in [5.74, 6) is -3.05. The van der Waals surface area contributed by atoms with Gasteiger partial charge in [-0.2, -0.15) is 5.10 Å². The first kappa shape index (κ1) is 26.5. The highest BCUT2D eigenvalue weighted by atomic mass is 19.3. The van der Waals surface area contributed by atoms with Crippen molar-refractivity contribution in [3.63, 3.8) is 0 Å².